The Bertz CT molecular complexity index is 450. The first-order chi connectivity index (χ1) is 7.65. The Hall–Kier alpha value is -1.29. The van der Waals surface area contributed by atoms with Crippen molar-refractivity contribution in [3.63, 3.8) is 0 Å². The molecule has 0 saturated carbocycles. The molecule has 1 aromatic carbocycles. The first-order valence-corrected chi connectivity index (χ1v) is 5.86. The van der Waals surface area contributed by atoms with Crippen LogP contribution in [0.5, 0.6) is 0 Å². The Kier molecular flexibility index (Phi) is 3.01. The predicted octanol–water partition coefficient (Wildman–Crippen LogP) is -0.0907. The summed E-state index contributed by atoms with van der Waals surface area (Å²) in [4.78, 5) is 35.5. The van der Waals surface area contributed by atoms with Crippen molar-refractivity contribution in [3.8, 4) is 0 Å². The molecule has 0 aliphatic carbocycles. The Morgan fingerprint density at radius 3 is 2.12 bits per heavy atom. The summed E-state index contributed by atoms with van der Waals surface area (Å²) in [5.74, 6) is -1.45. The van der Waals surface area contributed by atoms with Crippen molar-refractivity contribution < 1.29 is 17.2 Å². The molecule has 16 heavy (non-hydrogen) atoms. The Morgan fingerprint density at radius 2 is 1.69 bits per heavy atom. The molecule has 6 heteroatoms. The van der Waals surface area contributed by atoms with E-state index in [9.17, 15) is 14.4 Å². The van der Waals surface area contributed by atoms with Crippen molar-refractivity contribution in [3.05, 3.63) is 35.4 Å². The first kappa shape index (κ1) is 11.2. The molecule has 0 fully saturated rings. The monoisotopic (exact) mass is 413 g/mol. The van der Waals surface area contributed by atoms with Gasteiger partial charge in [0.1, 0.15) is 0 Å². The molecule has 5 nitrogen and oxygen atoms in total. The normalized spacial score (nSPS) is 13.9. The maximum absolute atomic E-state index is 11.8. The topological polar surface area (TPSA) is 63.7 Å². The van der Waals surface area contributed by atoms with Gasteiger partial charge in [0.2, 0.25) is 0 Å². The van der Waals surface area contributed by atoms with Gasteiger partial charge < -0.3 is 0 Å². The van der Waals surface area contributed by atoms with E-state index in [1.165, 1.54) is 0 Å². The van der Waals surface area contributed by atoms with E-state index in [1.807, 2.05) is 0 Å². The van der Waals surface area contributed by atoms with Crippen LogP contribution in [-0.2, 0) is 7.61 Å². The molecule has 0 aromatic heterocycles. The molecule has 1 aliphatic rings. The van der Waals surface area contributed by atoms with Crippen LogP contribution < -0.4 is 0 Å². The SMILES string of the molecule is O=C(CN1C(=O)c2ccccc2C1=O)[O][Bi]. The Morgan fingerprint density at radius 1 is 1.19 bits per heavy atom. The number of nitrogens with zero attached hydrogens (tertiary/aromatic N) is 1. The fourth-order valence-electron chi connectivity index (χ4n) is 1.54. The van der Waals surface area contributed by atoms with Crippen molar-refractivity contribution in [2.45, 2.75) is 0 Å². The van der Waals surface area contributed by atoms with Gasteiger partial charge in [-0.1, -0.05) is 0 Å². The van der Waals surface area contributed by atoms with Crippen LogP contribution in [0.3, 0.4) is 0 Å². The van der Waals surface area contributed by atoms with Gasteiger partial charge in [0.25, 0.3) is 0 Å². The molecule has 2 rings (SSSR count). The first-order valence-electron chi connectivity index (χ1n) is 4.44. The number of carbonyl (C=O) groups is 3. The van der Waals surface area contributed by atoms with Crippen molar-refractivity contribution in [1.82, 2.24) is 4.90 Å². The van der Waals surface area contributed by atoms with E-state index in [-0.39, 0.29) is 6.54 Å². The van der Waals surface area contributed by atoms with E-state index < -0.39 is 17.8 Å². The van der Waals surface area contributed by atoms with Gasteiger partial charge in [-0.2, -0.15) is 0 Å². The summed E-state index contributed by atoms with van der Waals surface area (Å²) in [7, 11) is 0. The number of amides is 2. The molecular weight excluding hydrogens is 407 g/mol. The summed E-state index contributed by atoms with van der Waals surface area (Å²) in [6.07, 6.45) is 0. The van der Waals surface area contributed by atoms with E-state index in [1.54, 1.807) is 24.3 Å². The van der Waals surface area contributed by atoms with Crippen LogP contribution in [0.15, 0.2) is 24.3 Å². The number of hydrogen-bond donors (Lipinski definition) is 0. The Balaban J connectivity index is 2.32. The van der Waals surface area contributed by atoms with Crippen LogP contribution >= 0.6 is 0 Å². The zero-order chi connectivity index (χ0) is 11.7. The van der Waals surface area contributed by atoms with Crippen LogP contribution in [0.4, 0.5) is 0 Å². The molecule has 1 heterocycles. The molecule has 0 N–H and O–H groups in total. The Labute approximate surface area is 107 Å². The zero-order valence-electron chi connectivity index (χ0n) is 8.04. The van der Waals surface area contributed by atoms with E-state index >= 15 is 0 Å². The van der Waals surface area contributed by atoms with Crippen LogP contribution in [-0.4, -0.2) is 54.4 Å². The third kappa shape index (κ3) is 1.73. The van der Waals surface area contributed by atoms with E-state index in [4.69, 9.17) is 0 Å². The van der Waals surface area contributed by atoms with Gasteiger partial charge in [0, 0.05) is 0 Å². The average Bonchev–Trinajstić information content (AvgIpc) is 2.55. The summed E-state index contributed by atoms with van der Waals surface area (Å²) in [5.41, 5.74) is 0.678. The van der Waals surface area contributed by atoms with Crippen molar-refractivity contribution in [2.75, 3.05) is 6.54 Å². The molecule has 0 spiro atoms. The van der Waals surface area contributed by atoms with Crippen LogP contribution in [0.1, 0.15) is 20.7 Å². The van der Waals surface area contributed by atoms with Gasteiger partial charge in [0.15, 0.2) is 0 Å². The zero-order valence-corrected chi connectivity index (χ0v) is 11.5. The molecule has 1 aliphatic heterocycles. The number of benzene rings is 1. The molecule has 2 amide bonds. The van der Waals surface area contributed by atoms with Gasteiger partial charge in [-0.05, 0) is 0 Å². The molecule has 0 bridgehead atoms. The summed E-state index contributed by atoms with van der Waals surface area (Å²) < 4.78 is 4.53. The third-order valence-electron chi connectivity index (χ3n) is 2.27. The van der Waals surface area contributed by atoms with Crippen molar-refractivity contribution in [1.29, 1.82) is 0 Å². The third-order valence-corrected chi connectivity index (χ3v) is 3.06. The van der Waals surface area contributed by atoms with Gasteiger partial charge in [-0.15, -0.1) is 0 Å². The van der Waals surface area contributed by atoms with Gasteiger partial charge >= 0.3 is 107 Å². The van der Waals surface area contributed by atoms with Crippen LogP contribution in [0.25, 0.3) is 0 Å². The summed E-state index contributed by atoms with van der Waals surface area (Å²) in [6, 6.07) is 6.49. The second kappa shape index (κ2) is 4.30. The number of imide groups is 1. The molecule has 2 radical (unpaired) electrons. The van der Waals surface area contributed by atoms with Crippen LogP contribution in [0.2, 0.25) is 0 Å². The fourth-order valence-corrected chi connectivity index (χ4v) is 1.77. The quantitative estimate of drug-likeness (QED) is 0.503. The van der Waals surface area contributed by atoms with Crippen molar-refractivity contribution in [2.24, 2.45) is 0 Å². The van der Waals surface area contributed by atoms with Gasteiger partial charge in [-0.3, -0.25) is 0 Å². The summed E-state index contributed by atoms with van der Waals surface area (Å²) in [6.45, 7) is -0.317. The van der Waals surface area contributed by atoms with E-state index in [0.29, 0.717) is 36.3 Å². The van der Waals surface area contributed by atoms with Gasteiger partial charge in [-0.25, -0.2) is 0 Å². The van der Waals surface area contributed by atoms with Crippen molar-refractivity contribution >= 4 is 42.9 Å². The minimum atomic E-state index is -0.567. The fraction of sp³-hybridized carbons (Fsp3) is 0.100. The second-order valence-electron chi connectivity index (χ2n) is 3.21. The number of carbonyl (C=O) groups excluding carboxylic acids is 3. The molecular formula is C10H6BiNO4. The minimum absolute atomic E-state index is 0.317. The van der Waals surface area contributed by atoms with E-state index in [2.05, 4.69) is 2.81 Å². The molecule has 1 aromatic rings. The second-order valence-corrected chi connectivity index (χ2v) is 3.92. The van der Waals surface area contributed by atoms with E-state index in [0.717, 1.165) is 4.90 Å². The number of fused-ring (bicyclic) bond motifs is 1. The predicted molar refractivity (Wildman–Crippen MR) is 53.7 cm³/mol. The van der Waals surface area contributed by atoms with Gasteiger partial charge in [0.05, 0.1) is 0 Å². The molecule has 80 valence electrons. The average molecular weight is 413 g/mol. The summed E-state index contributed by atoms with van der Waals surface area (Å²) >= 11 is 0.445. The molecule has 0 atom stereocenters. The number of rotatable bonds is 2. The maximum atomic E-state index is 11.8. The summed E-state index contributed by atoms with van der Waals surface area (Å²) in [5, 5.41) is 0. The molecule has 0 saturated heterocycles. The number of hydrogen-bond acceptors (Lipinski definition) is 4. The van der Waals surface area contributed by atoms with Crippen LogP contribution in [0, 0.1) is 0 Å². The standard InChI is InChI=1S/C10H7NO4.Bi/c12-8(13)5-11-9(14)6-3-1-2-4-7(6)10(11)15;/h1-4H,5H2,(H,12,13);/q;+1/p-1. The molecule has 0 unspecified atom stereocenters.